The molecule has 2 fully saturated rings. The third kappa shape index (κ3) is 3.53. The van der Waals surface area contributed by atoms with Crippen LogP contribution in [-0.2, 0) is 10.2 Å². The second-order valence-electron chi connectivity index (χ2n) is 6.75. The van der Waals surface area contributed by atoms with Crippen molar-refractivity contribution in [2.24, 2.45) is 17.8 Å². The lowest BCUT2D eigenvalue weighted by molar-refractivity contribution is 0.0886. The van der Waals surface area contributed by atoms with Crippen LogP contribution in [0.3, 0.4) is 0 Å². The highest BCUT2D eigenvalue weighted by Crippen LogP contribution is 2.28. The predicted octanol–water partition coefficient (Wildman–Crippen LogP) is 1.30. The summed E-state index contributed by atoms with van der Waals surface area (Å²) in [7, 11) is -3.32. The Morgan fingerprint density at radius 1 is 1.05 bits per heavy atom. The van der Waals surface area contributed by atoms with E-state index in [-0.39, 0.29) is 12.0 Å². The van der Waals surface area contributed by atoms with Gasteiger partial charge in [0, 0.05) is 26.2 Å². The highest BCUT2D eigenvalue weighted by atomic mass is 32.2. The Morgan fingerprint density at radius 3 is 2.00 bits per heavy atom. The van der Waals surface area contributed by atoms with Crippen LogP contribution in [0, 0.1) is 17.8 Å². The van der Waals surface area contributed by atoms with Gasteiger partial charge < -0.3 is 5.11 Å². The summed E-state index contributed by atoms with van der Waals surface area (Å²) in [6.45, 7) is 8.40. The quantitative estimate of drug-likeness (QED) is 0.855. The molecular formula is C14H28N2O3S. The van der Waals surface area contributed by atoms with Gasteiger partial charge in [-0.3, -0.25) is 0 Å². The van der Waals surface area contributed by atoms with Gasteiger partial charge in [-0.1, -0.05) is 13.8 Å². The van der Waals surface area contributed by atoms with Gasteiger partial charge in [-0.15, -0.1) is 0 Å². The number of aliphatic hydroxyl groups excluding tert-OH is 1. The molecule has 1 N–H and O–H groups in total. The van der Waals surface area contributed by atoms with Crippen molar-refractivity contribution in [3.63, 3.8) is 0 Å². The van der Waals surface area contributed by atoms with Crippen molar-refractivity contribution in [3.8, 4) is 0 Å². The maximum absolute atomic E-state index is 12.7. The first-order valence-electron chi connectivity index (χ1n) is 7.74. The van der Waals surface area contributed by atoms with E-state index in [0.29, 0.717) is 38.0 Å². The number of piperidine rings is 2. The molecule has 2 aliphatic heterocycles. The van der Waals surface area contributed by atoms with Crippen LogP contribution in [0.5, 0.6) is 0 Å². The van der Waals surface area contributed by atoms with Gasteiger partial charge in [-0.05, 0) is 43.9 Å². The van der Waals surface area contributed by atoms with E-state index in [9.17, 15) is 13.5 Å². The largest absolute Gasteiger partial charge is 0.393 e. The van der Waals surface area contributed by atoms with Crippen LogP contribution in [0.1, 0.15) is 40.0 Å². The molecule has 0 saturated carbocycles. The summed E-state index contributed by atoms with van der Waals surface area (Å²) >= 11 is 0. The second kappa shape index (κ2) is 6.30. The Kier molecular flexibility index (Phi) is 5.10. The zero-order valence-electron chi connectivity index (χ0n) is 12.8. The smallest absolute Gasteiger partial charge is 0.281 e. The molecule has 3 atom stereocenters. The number of hydrogen-bond acceptors (Lipinski definition) is 3. The van der Waals surface area contributed by atoms with Gasteiger partial charge in [-0.25, -0.2) is 0 Å². The molecule has 6 heteroatoms. The standard InChI is InChI=1S/C14H28N2O3S/c1-11-8-12(2)10-16(9-11)20(18,19)15-6-4-14(5-7-15)13(3)17/h11-14,17H,4-10H2,1-3H3. The van der Waals surface area contributed by atoms with E-state index in [4.69, 9.17) is 0 Å². The molecule has 3 unspecified atom stereocenters. The van der Waals surface area contributed by atoms with Crippen LogP contribution in [0.4, 0.5) is 0 Å². The first-order valence-corrected chi connectivity index (χ1v) is 9.13. The van der Waals surface area contributed by atoms with Crippen LogP contribution in [-0.4, -0.2) is 54.4 Å². The molecule has 2 rings (SSSR count). The molecule has 5 nitrogen and oxygen atoms in total. The molecule has 0 amide bonds. The van der Waals surface area contributed by atoms with Gasteiger partial charge in [0.25, 0.3) is 10.2 Å². The monoisotopic (exact) mass is 304 g/mol. The van der Waals surface area contributed by atoms with Crippen LogP contribution in [0.25, 0.3) is 0 Å². The fourth-order valence-corrected chi connectivity index (χ4v) is 5.43. The average Bonchev–Trinajstić information content (AvgIpc) is 2.37. The molecule has 0 radical (unpaired) electrons. The molecule has 2 saturated heterocycles. The van der Waals surface area contributed by atoms with Gasteiger partial charge in [0.05, 0.1) is 6.10 Å². The van der Waals surface area contributed by atoms with E-state index in [1.54, 1.807) is 15.5 Å². The molecular weight excluding hydrogens is 276 g/mol. The minimum absolute atomic E-state index is 0.237. The summed E-state index contributed by atoms with van der Waals surface area (Å²) in [4.78, 5) is 0. The van der Waals surface area contributed by atoms with E-state index in [1.165, 1.54) is 0 Å². The molecule has 0 aliphatic carbocycles. The Balaban J connectivity index is 2.00. The minimum atomic E-state index is -3.32. The van der Waals surface area contributed by atoms with Crippen LogP contribution < -0.4 is 0 Å². The Labute approximate surface area is 123 Å². The number of hydrogen-bond donors (Lipinski definition) is 1. The highest BCUT2D eigenvalue weighted by Gasteiger charge is 2.37. The van der Waals surface area contributed by atoms with Crippen molar-refractivity contribution in [3.05, 3.63) is 0 Å². The molecule has 118 valence electrons. The molecule has 2 heterocycles. The predicted molar refractivity (Wildman–Crippen MR) is 79.4 cm³/mol. The van der Waals surface area contributed by atoms with Gasteiger partial charge in [-0.2, -0.15) is 17.0 Å². The van der Waals surface area contributed by atoms with E-state index >= 15 is 0 Å². The molecule has 0 bridgehead atoms. The second-order valence-corrected chi connectivity index (χ2v) is 8.68. The van der Waals surface area contributed by atoms with Crippen molar-refractivity contribution in [2.75, 3.05) is 26.2 Å². The summed E-state index contributed by atoms with van der Waals surface area (Å²) in [5.41, 5.74) is 0. The third-order valence-corrected chi connectivity index (χ3v) is 6.64. The van der Waals surface area contributed by atoms with Crippen molar-refractivity contribution in [1.82, 2.24) is 8.61 Å². The fourth-order valence-electron chi connectivity index (χ4n) is 3.55. The molecule has 0 aromatic rings. The lowest BCUT2D eigenvalue weighted by Gasteiger charge is -2.39. The molecule has 0 aromatic heterocycles. The Bertz CT molecular complexity index is 406. The summed E-state index contributed by atoms with van der Waals surface area (Å²) in [5, 5.41) is 9.61. The third-order valence-electron chi connectivity index (χ3n) is 4.67. The van der Waals surface area contributed by atoms with Gasteiger partial charge in [0.1, 0.15) is 0 Å². The maximum Gasteiger partial charge on any atom is 0.281 e. The summed E-state index contributed by atoms with van der Waals surface area (Å²) in [6, 6.07) is 0. The lowest BCUT2D eigenvalue weighted by atomic mass is 9.93. The average molecular weight is 304 g/mol. The van der Waals surface area contributed by atoms with Crippen LogP contribution >= 0.6 is 0 Å². The van der Waals surface area contributed by atoms with Gasteiger partial charge >= 0.3 is 0 Å². The lowest BCUT2D eigenvalue weighted by Crippen LogP contribution is -2.51. The molecule has 0 aromatic carbocycles. The van der Waals surface area contributed by atoms with Crippen LogP contribution in [0.15, 0.2) is 0 Å². The van der Waals surface area contributed by atoms with E-state index in [0.717, 1.165) is 19.3 Å². The van der Waals surface area contributed by atoms with Gasteiger partial charge in [0.15, 0.2) is 0 Å². The number of nitrogens with zero attached hydrogens (tertiary/aromatic N) is 2. The summed E-state index contributed by atoms with van der Waals surface area (Å²) < 4.78 is 28.7. The van der Waals surface area contributed by atoms with Crippen molar-refractivity contribution in [2.45, 2.75) is 46.1 Å². The first-order chi connectivity index (χ1) is 9.30. The summed E-state index contributed by atoms with van der Waals surface area (Å²) in [6.07, 6.45) is 2.29. The Morgan fingerprint density at radius 2 is 1.55 bits per heavy atom. The fraction of sp³-hybridized carbons (Fsp3) is 1.00. The van der Waals surface area contributed by atoms with E-state index in [1.807, 2.05) is 0 Å². The van der Waals surface area contributed by atoms with Gasteiger partial charge in [0.2, 0.25) is 0 Å². The van der Waals surface area contributed by atoms with Crippen molar-refractivity contribution in [1.29, 1.82) is 0 Å². The first kappa shape index (κ1) is 16.2. The highest BCUT2D eigenvalue weighted by molar-refractivity contribution is 7.86. The SMILES string of the molecule is CC1CC(C)CN(S(=O)(=O)N2CCC(C(C)O)CC2)C1. The molecule has 0 spiro atoms. The van der Waals surface area contributed by atoms with Crippen molar-refractivity contribution >= 4 is 10.2 Å². The molecule has 20 heavy (non-hydrogen) atoms. The summed E-state index contributed by atoms with van der Waals surface area (Å²) in [5.74, 6) is 1.10. The zero-order chi connectivity index (χ0) is 14.9. The minimum Gasteiger partial charge on any atom is -0.393 e. The topological polar surface area (TPSA) is 60.9 Å². The number of aliphatic hydroxyl groups is 1. The zero-order valence-corrected chi connectivity index (χ0v) is 13.6. The van der Waals surface area contributed by atoms with E-state index in [2.05, 4.69) is 13.8 Å². The number of rotatable bonds is 3. The van der Waals surface area contributed by atoms with Crippen LogP contribution in [0.2, 0.25) is 0 Å². The molecule has 2 aliphatic rings. The van der Waals surface area contributed by atoms with Crippen molar-refractivity contribution < 1.29 is 13.5 Å². The van der Waals surface area contributed by atoms with E-state index < -0.39 is 10.2 Å². The normalized spacial score (nSPS) is 33.2. The Hall–Kier alpha value is -0.170. The maximum atomic E-state index is 12.7.